The third-order valence-electron chi connectivity index (χ3n) is 7.32. The van der Waals surface area contributed by atoms with Gasteiger partial charge in [-0.3, -0.25) is 4.79 Å². The zero-order chi connectivity index (χ0) is 23.7. The van der Waals surface area contributed by atoms with Gasteiger partial charge in [-0.05, 0) is 61.5 Å². The minimum atomic E-state index is 0.249. The lowest BCUT2D eigenvalue weighted by Crippen LogP contribution is -2.39. The molecule has 0 bridgehead atoms. The lowest BCUT2D eigenvalue weighted by molar-refractivity contribution is -0.129. The fourth-order valence-electron chi connectivity index (χ4n) is 5.24. The van der Waals surface area contributed by atoms with Gasteiger partial charge in [0.2, 0.25) is 5.91 Å². The largest absolute Gasteiger partial charge is 0.342 e. The predicted octanol–water partition coefficient (Wildman–Crippen LogP) is 6.51. The Morgan fingerprint density at radius 3 is 2.65 bits per heavy atom. The van der Waals surface area contributed by atoms with Crippen LogP contribution in [0.15, 0.2) is 35.4 Å². The SMILES string of the molecule is CC1CCc2c(sc3nc(C(C)C)nc(SCC(=O)N4CCC(Cc5ccccc5)CC4)c23)C1. The summed E-state index contributed by atoms with van der Waals surface area (Å²) in [5, 5.41) is 2.25. The number of piperidine rings is 1. The van der Waals surface area contributed by atoms with Crippen LogP contribution in [0.4, 0.5) is 0 Å². The van der Waals surface area contributed by atoms with E-state index in [1.54, 1.807) is 11.8 Å². The number of aryl methyl sites for hydroxylation is 1. The molecule has 1 aliphatic heterocycles. The van der Waals surface area contributed by atoms with E-state index in [9.17, 15) is 4.79 Å². The van der Waals surface area contributed by atoms with E-state index in [2.05, 4.69) is 56.0 Å². The summed E-state index contributed by atoms with van der Waals surface area (Å²) in [5.74, 6) is 3.30. The maximum Gasteiger partial charge on any atom is 0.232 e. The molecule has 1 saturated heterocycles. The highest BCUT2D eigenvalue weighted by Gasteiger charge is 2.26. The average molecular weight is 494 g/mol. The molecule has 3 aromatic rings. The Bertz CT molecular complexity index is 1150. The number of carbonyl (C=O) groups excluding carboxylic acids is 1. The van der Waals surface area contributed by atoms with Gasteiger partial charge < -0.3 is 4.90 Å². The maximum absolute atomic E-state index is 13.1. The maximum atomic E-state index is 13.1. The van der Waals surface area contributed by atoms with Crippen molar-refractivity contribution in [1.82, 2.24) is 14.9 Å². The topological polar surface area (TPSA) is 46.1 Å². The minimum Gasteiger partial charge on any atom is -0.342 e. The molecule has 1 unspecified atom stereocenters. The zero-order valence-electron chi connectivity index (χ0n) is 20.5. The van der Waals surface area contributed by atoms with Gasteiger partial charge in [0, 0.05) is 29.3 Å². The van der Waals surface area contributed by atoms with E-state index < -0.39 is 0 Å². The number of hydrogen-bond acceptors (Lipinski definition) is 5. The summed E-state index contributed by atoms with van der Waals surface area (Å²) < 4.78 is 0. The Kier molecular flexibility index (Phi) is 7.26. The Hall–Kier alpha value is -1.92. The molecule has 1 fully saturated rings. The molecule has 2 aromatic heterocycles. The van der Waals surface area contributed by atoms with E-state index in [1.807, 2.05) is 11.3 Å². The zero-order valence-corrected chi connectivity index (χ0v) is 22.2. The second-order valence-electron chi connectivity index (χ2n) is 10.4. The van der Waals surface area contributed by atoms with E-state index in [0.717, 1.165) is 66.8 Å². The molecule has 0 spiro atoms. The van der Waals surface area contributed by atoms with Crippen molar-refractivity contribution >= 4 is 39.2 Å². The third kappa shape index (κ3) is 5.18. The molecule has 1 atom stereocenters. The van der Waals surface area contributed by atoms with E-state index in [0.29, 0.717) is 11.7 Å². The third-order valence-corrected chi connectivity index (χ3v) is 9.43. The van der Waals surface area contributed by atoms with Gasteiger partial charge >= 0.3 is 0 Å². The Morgan fingerprint density at radius 2 is 1.91 bits per heavy atom. The van der Waals surface area contributed by atoms with Crippen molar-refractivity contribution in [2.24, 2.45) is 11.8 Å². The van der Waals surface area contributed by atoms with Gasteiger partial charge in [0.1, 0.15) is 15.7 Å². The molecule has 3 heterocycles. The normalized spacial score (nSPS) is 19.1. The Balaban J connectivity index is 1.26. The molecule has 1 amide bonds. The van der Waals surface area contributed by atoms with E-state index in [4.69, 9.17) is 9.97 Å². The Labute approximate surface area is 211 Å². The molecule has 0 saturated carbocycles. The molecule has 180 valence electrons. The summed E-state index contributed by atoms with van der Waals surface area (Å²) in [7, 11) is 0. The average Bonchev–Trinajstić information content (AvgIpc) is 3.21. The first-order chi connectivity index (χ1) is 16.5. The summed E-state index contributed by atoms with van der Waals surface area (Å²) in [6.07, 6.45) is 6.79. The van der Waals surface area contributed by atoms with Crippen LogP contribution in [0, 0.1) is 11.8 Å². The minimum absolute atomic E-state index is 0.249. The lowest BCUT2D eigenvalue weighted by Gasteiger charge is -2.32. The van der Waals surface area contributed by atoms with Crippen molar-refractivity contribution in [3.8, 4) is 0 Å². The fourth-order valence-corrected chi connectivity index (χ4v) is 7.66. The molecule has 0 N–H and O–H groups in total. The van der Waals surface area contributed by atoms with E-state index in [-0.39, 0.29) is 11.8 Å². The van der Waals surface area contributed by atoms with Gasteiger partial charge in [0.25, 0.3) is 0 Å². The number of carbonyl (C=O) groups is 1. The highest BCUT2D eigenvalue weighted by molar-refractivity contribution is 8.00. The molecule has 4 nitrogen and oxygen atoms in total. The highest BCUT2D eigenvalue weighted by atomic mass is 32.2. The monoisotopic (exact) mass is 493 g/mol. The van der Waals surface area contributed by atoms with Crippen molar-refractivity contribution in [2.75, 3.05) is 18.8 Å². The van der Waals surface area contributed by atoms with Gasteiger partial charge in [0.05, 0.1) is 5.75 Å². The second kappa shape index (κ2) is 10.4. The van der Waals surface area contributed by atoms with Gasteiger partial charge in [0.15, 0.2) is 0 Å². The standard InChI is InChI=1S/C28H35N3OS2/c1-18(2)26-29-27(25-22-10-9-19(3)15-23(22)34-28(25)30-26)33-17-24(32)31-13-11-21(12-14-31)16-20-7-5-4-6-8-20/h4-8,18-19,21H,9-17H2,1-3H3. The van der Waals surface area contributed by atoms with Crippen LogP contribution in [0.5, 0.6) is 0 Å². The quantitative estimate of drug-likeness (QED) is 0.290. The predicted molar refractivity (Wildman–Crippen MR) is 143 cm³/mol. The molecular weight excluding hydrogens is 458 g/mol. The Morgan fingerprint density at radius 1 is 1.15 bits per heavy atom. The molecule has 1 aliphatic carbocycles. The molecule has 1 aromatic carbocycles. The molecular formula is C28H35N3OS2. The van der Waals surface area contributed by atoms with Crippen LogP contribution in [-0.4, -0.2) is 39.6 Å². The molecule has 2 aliphatic rings. The first kappa shape index (κ1) is 23.8. The van der Waals surface area contributed by atoms with Crippen LogP contribution in [0.1, 0.15) is 67.8 Å². The van der Waals surface area contributed by atoms with Gasteiger partial charge in [-0.2, -0.15) is 0 Å². The van der Waals surface area contributed by atoms with Gasteiger partial charge in [-0.1, -0.05) is 62.9 Å². The first-order valence-electron chi connectivity index (χ1n) is 12.7. The number of likely N-dealkylation sites (tertiary alicyclic amines) is 1. The number of aromatic nitrogens is 2. The smallest absolute Gasteiger partial charge is 0.232 e. The number of nitrogens with zero attached hydrogens (tertiary/aromatic N) is 3. The number of amides is 1. The van der Waals surface area contributed by atoms with Crippen molar-refractivity contribution in [3.63, 3.8) is 0 Å². The summed E-state index contributed by atoms with van der Waals surface area (Å²) >= 11 is 3.48. The summed E-state index contributed by atoms with van der Waals surface area (Å²) in [6, 6.07) is 10.7. The van der Waals surface area contributed by atoms with E-state index >= 15 is 0 Å². The van der Waals surface area contributed by atoms with Crippen LogP contribution in [0.3, 0.4) is 0 Å². The molecule has 5 rings (SSSR count). The van der Waals surface area contributed by atoms with Gasteiger partial charge in [-0.15, -0.1) is 11.3 Å². The number of benzene rings is 1. The van der Waals surface area contributed by atoms with Crippen LogP contribution >= 0.6 is 23.1 Å². The number of thiophene rings is 1. The molecule has 0 radical (unpaired) electrons. The number of rotatable bonds is 6. The van der Waals surface area contributed by atoms with E-state index in [1.165, 1.54) is 27.8 Å². The fraction of sp³-hybridized carbons (Fsp3) is 0.536. The van der Waals surface area contributed by atoms with Crippen molar-refractivity contribution in [3.05, 3.63) is 52.2 Å². The number of fused-ring (bicyclic) bond motifs is 3. The highest BCUT2D eigenvalue weighted by Crippen LogP contribution is 2.41. The molecule has 6 heteroatoms. The van der Waals surface area contributed by atoms with Crippen molar-refractivity contribution in [2.45, 2.75) is 70.2 Å². The summed E-state index contributed by atoms with van der Waals surface area (Å²) in [6.45, 7) is 8.39. The summed E-state index contributed by atoms with van der Waals surface area (Å²) in [5.41, 5.74) is 2.86. The van der Waals surface area contributed by atoms with Gasteiger partial charge in [-0.25, -0.2) is 9.97 Å². The van der Waals surface area contributed by atoms with Crippen LogP contribution < -0.4 is 0 Å². The van der Waals surface area contributed by atoms with Crippen LogP contribution in [0.25, 0.3) is 10.2 Å². The van der Waals surface area contributed by atoms with Crippen LogP contribution in [-0.2, 0) is 24.1 Å². The summed E-state index contributed by atoms with van der Waals surface area (Å²) in [4.78, 5) is 27.7. The van der Waals surface area contributed by atoms with Crippen molar-refractivity contribution in [1.29, 1.82) is 0 Å². The molecule has 34 heavy (non-hydrogen) atoms. The number of thioether (sulfide) groups is 1. The lowest BCUT2D eigenvalue weighted by atomic mass is 9.89. The number of hydrogen-bond donors (Lipinski definition) is 0. The first-order valence-corrected chi connectivity index (χ1v) is 14.5. The van der Waals surface area contributed by atoms with Crippen LogP contribution in [0.2, 0.25) is 0 Å². The van der Waals surface area contributed by atoms with Crippen molar-refractivity contribution < 1.29 is 4.79 Å². The second-order valence-corrected chi connectivity index (χ2v) is 12.4.